The number of nitrogens with zero attached hydrogens (tertiary/aromatic N) is 2. The molecule has 1 aliphatic heterocycles. The molecule has 3 rings (SSSR count). The van der Waals surface area contributed by atoms with Gasteiger partial charge in [-0.1, -0.05) is 0 Å². The van der Waals surface area contributed by atoms with Gasteiger partial charge in [0.15, 0.2) is 0 Å². The lowest BCUT2D eigenvalue weighted by Crippen LogP contribution is -2.47. The van der Waals surface area contributed by atoms with E-state index in [2.05, 4.69) is 10.2 Å². The molecule has 0 saturated carbocycles. The molecule has 1 fully saturated rings. The number of likely N-dealkylation sites (N-methyl/N-ethyl adjacent to an activating group) is 1. The maximum Gasteiger partial charge on any atom is 0.259 e. The number of carbonyl (C=O) groups is 2. The number of furan rings is 1. The zero-order valence-corrected chi connectivity index (χ0v) is 18.0. The van der Waals surface area contributed by atoms with Gasteiger partial charge >= 0.3 is 0 Å². The van der Waals surface area contributed by atoms with Gasteiger partial charge in [-0.3, -0.25) is 9.59 Å². The zero-order chi connectivity index (χ0) is 19.4. The van der Waals surface area contributed by atoms with Gasteiger partial charge in [0.2, 0.25) is 0 Å². The minimum absolute atomic E-state index is 0. The average molecular weight is 445 g/mol. The summed E-state index contributed by atoms with van der Waals surface area (Å²) in [6.07, 6.45) is 1.35. The summed E-state index contributed by atoms with van der Waals surface area (Å²) in [4.78, 5) is 29.2. The average Bonchev–Trinajstić information content (AvgIpc) is 3.17. The Labute approximate surface area is 182 Å². The first-order chi connectivity index (χ1) is 13.0. The molecule has 2 heterocycles. The molecule has 2 amide bonds. The molecule has 0 spiro atoms. The number of rotatable bonds is 5. The number of hydrogen-bond donors (Lipinski definition) is 2. The van der Waals surface area contributed by atoms with Crippen LogP contribution in [0.15, 0.2) is 34.9 Å². The number of carbonyl (C=O) groups excluding carboxylic acids is 2. The minimum Gasteiger partial charge on any atom is -0.495 e. The van der Waals surface area contributed by atoms with E-state index >= 15 is 0 Å². The molecule has 160 valence electrons. The van der Waals surface area contributed by atoms with Gasteiger partial charge in [-0.25, -0.2) is 0 Å². The fourth-order valence-electron chi connectivity index (χ4n) is 2.93. The van der Waals surface area contributed by atoms with E-state index in [9.17, 15) is 9.59 Å². The van der Waals surface area contributed by atoms with Crippen molar-refractivity contribution in [3.05, 3.63) is 47.4 Å². The highest BCUT2D eigenvalue weighted by molar-refractivity contribution is 6.06. The molecular weight excluding hydrogens is 419 g/mol. The summed E-state index contributed by atoms with van der Waals surface area (Å²) in [6, 6.07) is 6.61. The quantitative estimate of drug-likeness (QED) is 0.732. The van der Waals surface area contributed by atoms with Crippen LogP contribution in [0.25, 0.3) is 0 Å². The van der Waals surface area contributed by atoms with Crippen molar-refractivity contribution in [3.8, 4) is 5.75 Å². The number of nitrogens with one attached hydrogen (secondary N) is 1. The number of piperazine rings is 1. The van der Waals surface area contributed by atoms with Gasteiger partial charge in [0.05, 0.1) is 24.9 Å². The van der Waals surface area contributed by atoms with Crippen LogP contribution in [0.1, 0.15) is 26.5 Å². The van der Waals surface area contributed by atoms with Crippen LogP contribution in [0.5, 0.6) is 5.75 Å². The van der Waals surface area contributed by atoms with E-state index < -0.39 is 0 Å². The van der Waals surface area contributed by atoms with Gasteiger partial charge in [-0.15, -0.1) is 24.8 Å². The van der Waals surface area contributed by atoms with Crippen molar-refractivity contribution in [1.82, 2.24) is 9.80 Å². The molecular formula is C19H26Cl2N4O4. The van der Waals surface area contributed by atoms with Crippen LogP contribution in [0.4, 0.5) is 5.69 Å². The van der Waals surface area contributed by atoms with Crippen molar-refractivity contribution in [2.45, 2.75) is 6.54 Å². The molecule has 1 aliphatic rings. The summed E-state index contributed by atoms with van der Waals surface area (Å²) in [7, 11) is 3.55. The number of anilines is 1. The van der Waals surface area contributed by atoms with Crippen LogP contribution in [0.2, 0.25) is 0 Å². The number of methoxy groups -OCH3 is 1. The summed E-state index contributed by atoms with van der Waals surface area (Å²) in [5.41, 5.74) is 6.79. The Balaban J connectivity index is 0.00000210. The van der Waals surface area contributed by atoms with Crippen molar-refractivity contribution in [1.29, 1.82) is 0 Å². The molecule has 29 heavy (non-hydrogen) atoms. The van der Waals surface area contributed by atoms with Gasteiger partial charge in [0, 0.05) is 31.7 Å². The van der Waals surface area contributed by atoms with Crippen LogP contribution < -0.4 is 15.8 Å². The van der Waals surface area contributed by atoms with Crippen molar-refractivity contribution >= 4 is 42.3 Å². The smallest absolute Gasteiger partial charge is 0.259 e. The second kappa shape index (κ2) is 11.1. The van der Waals surface area contributed by atoms with E-state index in [-0.39, 0.29) is 43.2 Å². The Hall–Kier alpha value is -2.26. The number of ether oxygens (including phenoxy) is 1. The third-order valence-corrected chi connectivity index (χ3v) is 4.60. The summed E-state index contributed by atoms with van der Waals surface area (Å²) < 4.78 is 10.5. The molecule has 1 saturated heterocycles. The fraction of sp³-hybridized carbons (Fsp3) is 0.368. The Kier molecular flexibility index (Phi) is 9.45. The maximum absolute atomic E-state index is 12.8. The fourth-order valence-corrected chi connectivity index (χ4v) is 2.93. The molecule has 1 aromatic carbocycles. The lowest BCUT2D eigenvalue weighted by Gasteiger charge is -2.32. The molecule has 10 heteroatoms. The summed E-state index contributed by atoms with van der Waals surface area (Å²) in [6.45, 7) is 3.26. The number of nitrogens with two attached hydrogens (primary N) is 1. The van der Waals surface area contributed by atoms with Crippen molar-refractivity contribution in [2.24, 2.45) is 5.73 Å². The Morgan fingerprint density at radius 3 is 2.41 bits per heavy atom. The standard InChI is InChI=1S/C19H24N4O4.2ClH/c1-22-5-7-23(8-6-22)19(25)13-3-4-17(26-2)16(10-13)21-18(24)14-9-15(11-20)27-12-14;;/h3-4,9-10,12H,5-8,11,20H2,1-2H3,(H,21,24);2*1H. The highest BCUT2D eigenvalue weighted by Crippen LogP contribution is 2.27. The summed E-state index contributed by atoms with van der Waals surface area (Å²) >= 11 is 0. The third kappa shape index (κ3) is 5.86. The lowest BCUT2D eigenvalue weighted by molar-refractivity contribution is 0.0664. The number of amides is 2. The van der Waals surface area contributed by atoms with Crippen LogP contribution in [-0.4, -0.2) is 62.0 Å². The van der Waals surface area contributed by atoms with E-state index in [4.69, 9.17) is 14.9 Å². The van der Waals surface area contributed by atoms with Crippen LogP contribution in [-0.2, 0) is 6.54 Å². The predicted octanol–water partition coefficient (Wildman–Crippen LogP) is 2.23. The number of benzene rings is 1. The van der Waals surface area contributed by atoms with E-state index in [0.717, 1.165) is 13.1 Å². The van der Waals surface area contributed by atoms with Gasteiger partial charge in [0.1, 0.15) is 17.8 Å². The highest BCUT2D eigenvalue weighted by Gasteiger charge is 2.22. The topological polar surface area (TPSA) is 101 Å². The van der Waals surface area contributed by atoms with Gasteiger partial charge < -0.3 is 30.0 Å². The Morgan fingerprint density at radius 1 is 1.14 bits per heavy atom. The Bertz CT molecular complexity index is 835. The molecule has 2 aromatic rings. The normalized spacial score (nSPS) is 13.8. The molecule has 1 aromatic heterocycles. The van der Waals surface area contributed by atoms with Gasteiger partial charge in [-0.2, -0.15) is 0 Å². The molecule has 0 unspecified atom stereocenters. The monoisotopic (exact) mass is 444 g/mol. The van der Waals surface area contributed by atoms with Crippen molar-refractivity contribution in [2.75, 3.05) is 45.7 Å². The van der Waals surface area contributed by atoms with Gasteiger partial charge in [0.25, 0.3) is 11.8 Å². The predicted molar refractivity (Wildman–Crippen MR) is 115 cm³/mol. The molecule has 8 nitrogen and oxygen atoms in total. The molecule has 0 aliphatic carbocycles. The molecule has 0 atom stereocenters. The van der Waals surface area contributed by atoms with Crippen molar-refractivity contribution in [3.63, 3.8) is 0 Å². The zero-order valence-electron chi connectivity index (χ0n) is 16.3. The SMILES string of the molecule is COc1ccc(C(=O)N2CCN(C)CC2)cc1NC(=O)c1coc(CN)c1.Cl.Cl. The molecule has 0 radical (unpaired) electrons. The van der Waals surface area contributed by atoms with E-state index in [1.165, 1.54) is 13.4 Å². The van der Waals surface area contributed by atoms with Crippen LogP contribution in [0.3, 0.4) is 0 Å². The first kappa shape index (κ1) is 24.8. The van der Waals surface area contributed by atoms with Crippen LogP contribution in [0, 0.1) is 0 Å². The molecule has 3 N–H and O–H groups in total. The highest BCUT2D eigenvalue weighted by atomic mass is 35.5. The summed E-state index contributed by atoms with van der Waals surface area (Å²) in [5, 5.41) is 2.78. The minimum atomic E-state index is -0.360. The Morgan fingerprint density at radius 2 is 1.83 bits per heavy atom. The first-order valence-corrected chi connectivity index (χ1v) is 8.76. The number of hydrogen-bond acceptors (Lipinski definition) is 6. The second-order valence-corrected chi connectivity index (χ2v) is 6.47. The van der Waals surface area contributed by atoms with E-state index in [1.807, 2.05) is 11.9 Å². The van der Waals surface area contributed by atoms with Crippen molar-refractivity contribution < 1.29 is 18.7 Å². The van der Waals surface area contributed by atoms with Crippen LogP contribution >= 0.6 is 24.8 Å². The van der Waals surface area contributed by atoms with E-state index in [0.29, 0.717) is 41.4 Å². The third-order valence-electron chi connectivity index (χ3n) is 4.60. The van der Waals surface area contributed by atoms with Gasteiger partial charge in [-0.05, 0) is 31.3 Å². The summed E-state index contributed by atoms with van der Waals surface area (Å²) in [5.74, 6) is 0.572. The maximum atomic E-state index is 12.8. The lowest BCUT2D eigenvalue weighted by atomic mass is 10.1. The first-order valence-electron chi connectivity index (χ1n) is 8.76. The van der Waals surface area contributed by atoms with E-state index in [1.54, 1.807) is 24.3 Å². The second-order valence-electron chi connectivity index (χ2n) is 6.47. The largest absolute Gasteiger partial charge is 0.495 e. The molecule has 0 bridgehead atoms. The number of halogens is 2.